The summed E-state index contributed by atoms with van der Waals surface area (Å²) in [5.74, 6) is 1.38. The molecule has 1 heterocycles. The minimum atomic E-state index is -0.0705. The highest BCUT2D eigenvalue weighted by molar-refractivity contribution is 5.76. The van der Waals surface area contributed by atoms with Crippen molar-refractivity contribution in [2.45, 2.75) is 38.5 Å². The first-order valence-electron chi connectivity index (χ1n) is 9.12. The first-order chi connectivity index (χ1) is 12.1. The molecule has 0 saturated carbocycles. The minimum Gasteiger partial charge on any atom is -0.497 e. The smallest absolute Gasteiger partial charge is 0.222 e. The molecule has 5 heteroatoms. The number of hydrogen-bond donors (Lipinski definition) is 1. The maximum absolute atomic E-state index is 12.2. The molecule has 1 amide bonds. The van der Waals surface area contributed by atoms with E-state index in [1.54, 1.807) is 7.11 Å². The number of nitrogens with one attached hydrogen (secondary N) is 1. The molecule has 0 aromatic heterocycles. The SMILES string of the molecule is COc1ccc(C2(CNC(=O)CCOCC(C)C)CCOCC2)cc1. The van der Waals surface area contributed by atoms with Crippen LogP contribution >= 0.6 is 0 Å². The summed E-state index contributed by atoms with van der Waals surface area (Å²) >= 11 is 0. The molecule has 2 rings (SSSR count). The van der Waals surface area contributed by atoms with Crippen molar-refractivity contribution in [2.24, 2.45) is 5.92 Å². The summed E-state index contributed by atoms with van der Waals surface area (Å²) in [6.45, 7) is 7.45. The summed E-state index contributed by atoms with van der Waals surface area (Å²) in [4.78, 5) is 12.2. The minimum absolute atomic E-state index is 0.0446. The highest BCUT2D eigenvalue weighted by atomic mass is 16.5. The molecule has 0 aliphatic carbocycles. The van der Waals surface area contributed by atoms with Gasteiger partial charge in [-0.3, -0.25) is 4.79 Å². The molecule has 1 N–H and O–H groups in total. The van der Waals surface area contributed by atoms with E-state index in [4.69, 9.17) is 14.2 Å². The van der Waals surface area contributed by atoms with Crippen molar-refractivity contribution in [3.05, 3.63) is 29.8 Å². The molecule has 0 bridgehead atoms. The quantitative estimate of drug-likeness (QED) is 0.697. The summed E-state index contributed by atoms with van der Waals surface area (Å²) in [5.41, 5.74) is 1.16. The number of amides is 1. The van der Waals surface area contributed by atoms with Crippen LogP contribution in [0, 0.1) is 5.92 Å². The van der Waals surface area contributed by atoms with Gasteiger partial charge in [-0.1, -0.05) is 26.0 Å². The average Bonchev–Trinajstić information content (AvgIpc) is 2.64. The van der Waals surface area contributed by atoms with E-state index in [1.165, 1.54) is 5.56 Å². The van der Waals surface area contributed by atoms with E-state index >= 15 is 0 Å². The molecule has 5 nitrogen and oxygen atoms in total. The van der Waals surface area contributed by atoms with Gasteiger partial charge in [0.05, 0.1) is 13.7 Å². The third-order valence-corrected chi connectivity index (χ3v) is 4.70. The first kappa shape index (κ1) is 19.7. The Morgan fingerprint density at radius 3 is 2.52 bits per heavy atom. The van der Waals surface area contributed by atoms with E-state index in [0.717, 1.165) is 31.8 Å². The van der Waals surface area contributed by atoms with Gasteiger partial charge in [-0.25, -0.2) is 0 Å². The summed E-state index contributed by atoms with van der Waals surface area (Å²) in [6, 6.07) is 8.16. The first-order valence-corrected chi connectivity index (χ1v) is 9.12. The average molecular weight is 349 g/mol. The van der Waals surface area contributed by atoms with Gasteiger partial charge in [0.15, 0.2) is 0 Å². The third kappa shape index (κ3) is 6.01. The van der Waals surface area contributed by atoms with Gasteiger partial charge >= 0.3 is 0 Å². The van der Waals surface area contributed by atoms with Crippen LogP contribution in [0.2, 0.25) is 0 Å². The number of rotatable bonds is 9. The zero-order valence-electron chi connectivity index (χ0n) is 15.7. The van der Waals surface area contributed by atoms with Gasteiger partial charge in [0.2, 0.25) is 5.91 Å². The van der Waals surface area contributed by atoms with Crippen LogP contribution in [0.1, 0.15) is 38.7 Å². The fourth-order valence-corrected chi connectivity index (χ4v) is 3.11. The summed E-state index contributed by atoms with van der Waals surface area (Å²) in [5, 5.41) is 3.10. The van der Waals surface area contributed by atoms with Crippen molar-refractivity contribution in [3.8, 4) is 5.75 Å². The number of methoxy groups -OCH3 is 1. The van der Waals surface area contributed by atoms with Crippen LogP contribution in [0.5, 0.6) is 5.75 Å². The predicted octanol–water partition coefficient (Wildman–Crippen LogP) is 2.92. The molecule has 0 atom stereocenters. The van der Waals surface area contributed by atoms with Crippen LogP contribution in [0.3, 0.4) is 0 Å². The zero-order valence-corrected chi connectivity index (χ0v) is 15.7. The second-order valence-corrected chi connectivity index (χ2v) is 7.12. The number of carbonyl (C=O) groups is 1. The van der Waals surface area contributed by atoms with Crippen LogP contribution in [-0.4, -0.2) is 46.0 Å². The standard InChI is InChI=1S/C20H31NO4/c1-16(2)14-25-11-8-19(22)21-15-20(9-12-24-13-10-20)17-4-6-18(23-3)7-5-17/h4-7,16H,8-15H2,1-3H3,(H,21,22). The highest BCUT2D eigenvalue weighted by Crippen LogP contribution is 2.35. The predicted molar refractivity (Wildman–Crippen MR) is 98.0 cm³/mol. The van der Waals surface area contributed by atoms with E-state index in [-0.39, 0.29) is 11.3 Å². The Morgan fingerprint density at radius 2 is 1.92 bits per heavy atom. The Morgan fingerprint density at radius 1 is 1.24 bits per heavy atom. The van der Waals surface area contributed by atoms with Gasteiger partial charge < -0.3 is 19.5 Å². The Kier molecular flexibility index (Phi) is 7.72. The Hall–Kier alpha value is -1.59. The van der Waals surface area contributed by atoms with Gasteiger partial charge in [0.25, 0.3) is 0 Å². The van der Waals surface area contributed by atoms with Crippen LogP contribution in [0.15, 0.2) is 24.3 Å². The van der Waals surface area contributed by atoms with Crippen LogP contribution in [0.4, 0.5) is 0 Å². The van der Waals surface area contributed by atoms with E-state index < -0.39 is 0 Å². The Bertz CT molecular complexity index is 521. The molecule has 140 valence electrons. The topological polar surface area (TPSA) is 56.8 Å². The molecule has 1 aliphatic heterocycles. The van der Waals surface area contributed by atoms with E-state index in [9.17, 15) is 4.79 Å². The molecular weight excluding hydrogens is 318 g/mol. The molecule has 0 radical (unpaired) electrons. The maximum Gasteiger partial charge on any atom is 0.222 e. The lowest BCUT2D eigenvalue weighted by atomic mass is 9.74. The van der Waals surface area contributed by atoms with Gasteiger partial charge in [0.1, 0.15) is 5.75 Å². The summed E-state index contributed by atoms with van der Waals surface area (Å²) in [6.07, 6.45) is 2.22. The van der Waals surface area contributed by atoms with E-state index in [1.807, 2.05) is 12.1 Å². The molecule has 1 aromatic rings. The van der Waals surface area contributed by atoms with Gasteiger partial charge in [-0.15, -0.1) is 0 Å². The second-order valence-electron chi connectivity index (χ2n) is 7.12. The normalized spacial score (nSPS) is 16.6. The zero-order chi connectivity index (χ0) is 18.1. The largest absolute Gasteiger partial charge is 0.497 e. The van der Waals surface area contributed by atoms with Gasteiger partial charge in [0, 0.05) is 38.2 Å². The van der Waals surface area contributed by atoms with Gasteiger partial charge in [-0.05, 0) is 36.5 Å². The lowest BCUT2D eigenvalue weighted by Gasteiger charge is -2.38. The highest BCUT2D eigenvalue weighted by Gasteiger charge is 2.34. The van der Waals surface area contributed by atoms with E-state index in [0.29, 0.717) is 32.1 Å². The van der Waals surface area contributed by atoms with Crippen LogP contribution < -0.4 is 10.1 Å². The van der Waals surface area contributed by atoms with Crippen molar-refractivity contribution < 1.29 is 19.0 Å². The molecule has 1 aliphatic rings. The Balaban J connectivity index is 1.92. The third-order valence-electron chi connectivity index (χ3n) is 4.70. The lowest BCUT2D eigenvalue weighted by Crippen LogP contribution is -2.44. The Labute approximate surface area is 151 Å². The van der Waals surface area contributed by atoms with E-state index in [2.05, 4.69) is 31.3 Å². The summed E-state index contributed by atoms with van der Waals surface area (Å²) < 4.78 is 16.3. The van der Waals surface area contributed by atoms with Crippen molar-refractivity contribution >= 4 is 5.91 Å². The molecule has 0 spiro atoms. The molecule has 0 unspecified atom stereocenters. The van der Waals surface area contributed by atoms with Crippen molar-refractivity contribution in [3.63, 3.8) is 0 Å². The van der Waals surface area contributed by atoms with Crippen molar-refractivity contribution in [1.82, 2.24) is 5.32 Å². The molecular formula is C20H31NO4. The van der Waals surface area contributed by atoms with Gasteiger partial charge in [-0.2, -0.15) is 0 Å². The maximum atomic E-state index is 12.2. The molecule has 1 fully saturated rings. The number of carbonyl (C=O) groups excluding carboxylic acids is 1. The number of hydrogen-bond acceptors (Lipinski definition) is 4. The summed E-state index contributed by atoms with van der Waals surface area (Å²) in [7, 11) is 1.67. The lowest BCUT2D eigenvalue weighted by molar-refractivity contribution is -0.122. The molecule has 25 heavy (non-hydrogen) atoms. The molecule has 1 saturated heterocycles. The van der Waals surface area contributed by atoms with Crippen LogP contribution in [-0.2, 0) is 19.7 Å². The fraction of sp³-hybridized carbons (Fsp3) is 0.650. The fourth-order valence-electron chi connectivity index (χ4n) is 3.11. The van der Waals surface area contributed by atoms with Crippen molar-refractivity contribution in [2.75, 3.05) is 40.1 Å². The number of benzene rings is 1. The monoisotopic (exact) mass is 349 g/mol. The number of ether oxygens (including phenoxy) is 3. The second kappa shape index (κ2) is 9.78. The van der Waals surface area contributed by atoms with Crippen molar-refractivity contribution in [1.29, 1.82) is 0 Å². The molecule has 1 aromatic carbocycles. The van der Waals surface area contributed by atoms with Crippen LogP contribution in [0.25, 0.3) is 0 Å².